The highest BCUT2D eigenvalue weighted by molar-refractivity contribution is 5.94. The Morgan fingerprint density at radius 1 is 0.935 bits per heavy atom. The van der Waals surface area contributed by atoms with Crippen LogP contribution in [0.1, 0.15) is 34.3 Å². The molecule has 1 aliphatic rings. The van der Waals surface area contributed by atoms with Gasteiger partial charge in [-0.1, -0.05) is 42.5 Å². The number of aliphatic hydroxyl groups is 1. The first kappa shape index (κ1) is 20.9. The number of carbonyl (C=O) groups is 1. The van der Waals surface area contributed by atoms with Gasteiger partial charge >= 0.3 is 0 Å². The monoisotopic (exact) mass is 416 g/mol. The number of carbonyl (C=O) groups excluding carboxylic acids is 1. The van der Waals surface area contributed by atoms with E-state index < -0.39 is 0 Å². The van der Waals surface area contributed by atoms with Crippen LogP contribution in [0.5, 0.6) is 5.75 Å². The number of aliphatic hydroxyl groups excluding tert-OH is 1. The largest absolute Gasteiger partial charge is 0.489 e. The Kier molecular flexibility index (Phi) is 6.85. The quantitative estimate of drug-likeness (QED) is 0.607. The van der Waals surface area contributed by atoms with Crippen molar-refractivity contribution >= 4 is 11.6 Å². The molecule has 3 aromatic rings. The van der Waals surface area contributed by atoms with E-state index in [9.17, 15) is 9.90 Å². The van der Waals surface area contributed by atoms with Gasteiger partial charge in [0.15, 0.2) is 0 Å². The molecule has 1 saturated heterocycles. The van der Waals surface area contributed by atoms with Crippen molar-refractivity contribution in [3.63, 3.8) is 0 Å². The number of hydrogen-bond donors (Lipinski definition) is 2. The molecule has 1 amide bonds. The van der Waals surface area contributed by atoms with Crippen LogP contribution in [0.4, 0.5) is 5.69 Å². The number of ether oxygens (including phenoxy) is 1. The summed E-state index contributed by atoms with van der Waals surface area (Å²) in [5.41, 5.74) is 3.83. The molecule has 3 aromatic carbocycles. The maximum atomic E-state index is 12.6. The van der Waals surface area contributed by atoms with Gasteiger partial charge in [-0.25, -0.2) is 0 Å². The number of benzene rings is 3. The minimum absolute atomic E-state index is 0.101. The first-order valence-electron chi connectivity index (χ1n) is 10.7. The van der Waals surface area contributed by atoms with E-state index in [4.69, 9.17) is 4.74 Å². The van der Waals surface area contributed by atoms with Gasteiger partial charge < -0.3 is 20.1 Å². The predicted octanol–water partition coefficient (Wildman–Crippen LogP) is 4.16. The van der Waals surface area contributed by atoms with Crippen molar-refractivity contribution in [2.75, 3.05) is 18.0 Å². The summed E-state index contributed by atoms with van der Waals surface area (Å²) in [7, 11) is 0. The number of amides is 1. The Balaban J connectivity index is 1.29. The van der Waals surface area contributed by atoms with Gasteiger partial charge in [-0.15, -0.1) is 0 Å². The third-order valence-corrected chi connectivity index (χ3v) is 5.56. The number of rotatable bonds is 7. The molecule has 31 heavy (non-hydrogen) atoms. The standard InChI is InChI=1S/C26H28N2O3/c29-24-13-15-28(16-14-24)23-11-9-22(10-12-23)26(30)27-18-21-7-4-8-25(17-21)31-19-20-5-2-1-3-6-20/h1-12,17,24,29H,13-16,18-19H2,(H,27,30). The zero-order valence-corrected chi connectivity index (χ0v) is 17.5. The van der Waals surface area contributed by atoms with Gasteiger partial charge in [-0.2, -0.15) is 0 Å². The topological polar surface area (TPSA) is 61.8 Å². The molecule has 0 unspecified atom stereocenters. The van der Waals surface area contributed by atoms with Crippen molar-refractivity contribution < 1.29 is 14.6 Å². The fourth-order valence-corrected chi connectivity index (χ4v) is 3.72. The van der Waals surface area contributed by atoms with Crippen LogP contribution in [0.3, 0.4) is 0 Å². The Labute approximate surface area is 183 Å². The van der Waals surface area contributed by atoms with Crippen LogP contribution in [0.2, 0.25) is 0 Å². The maximum absolute atomic E-state index is 12.6. The summed E-state index contributed by atoms with van der Waals surface area (Å²) in [4.78, 5) is 14.8. The van der Waals surface area contributed by atoms with Crippen molar-refractivity contribution in [1.29, 1.82) is 0 Å². The lowest BCUT2D eigenvalue weighted by molar-refractivity contribution is 0.0951. The van der Waals surface area contributed by atoms with Crippen molar-refractivity contribution in [1.82, 2.24) is 5.32 Å². The van der Waals surface area contributed by atoms with E-state index in [1.165, 1.54) is 0 Å². The van der Waals surface area contributed by atoms with Crippen LogP contribution in [0, 0.1) is 0 Å². The summed E-state index contributed by atoms with van der Waals surface area (Å²) in [6.45, 7) is 2.64. The van der Waals surface area contributed by atoms with Crippen LogP contribution in [0.15, 0.2) is 78.9 Å². The van der Waals surface area contributed by atoms with Gasteiger partial charge in [-0.3, -0.25) is 4.79 Å². The molecule has 0 bridgehead atoms. The van der Waals surface area contributed by atoms with E-state index in [0.29, 0.717) is 18.7 Å². The minimum Gasteiger partial charge on any atom is -0.489 e. The van der Waals surface area contributed by atoms with Gasteiger partial charge in [0.1, 0.15) is 12.4 Å². The molecule has 5 heteroatoms. The fraction of sp³-hybridized carbons (Fsp3) is 0.269. The highest BCUT2D eigenvalue weighted by Crippen LogP contribution is 2.21. The van der Waals surface area contributed by atoms with Crippen LogP contribution in [0.25, 0.3) is 0 Å². The third kappa shape index (κ3) is 5.86. The van der Waals surface area contributed by atoms with Crippen molar-refractivity contribution in [2.24, 2.45) is 0 Å². The molecule has 0 spiro atoms. The molecule has 4 rings (SSSR count). The number of hydrogen-bond acceptors (Lipinski definition) is 4. The lowest BCUT2D eigenvalue weighted by atomic mass is 10.1. The van der Waals surface area contributed by atoms with E-state index in [1.54, 1.807) is 0 Å². The molecule has 0 atom stereocenters. The van der Waals surface area contributed by atoms with Gasteiger partial charge in [-0.05, 0) is 60.4 Å². The second kappa shape index (κ2) is 10.1. The van der Waals surface area contributed by atoms with Gasteiger partial charge in [0, 0.05) is 30.9 Å². The Morgan fingerprint density at radius 2 is 1.65 bits per heavy atom. The van der Waals surface area contributed by atoms with E-state index in [0.717, 1.165) is 48.5 Å². The van der Waals surface area contributed by atoms with E-state index in [2.05, 4.69) is 10.2 Å². The van der Waals surface area contributed by atoms with Crippen molar-refractivity contribution in [2.45, 2.75) is 32.1 Å². The second-order valence-electron chi connectivity index (χ2n) is 7.87. The number of anilines is 1. The lowest BCUT2D eigenvalue weighted by Crippen LogP contribution is -2.35. The first-order valence-corrected chi connectivity index (χ1v) is 10.7. The average molecular weight is 417 g/mol. The molecule has 1 fully saturated rings. The predicted molar refractivity (Wildman–Crippen MR) is 122 cm³/mol. The second-order valence-corrected chi connectivity index (χ2v) is 7.87. The first-order chi connectivity index (χ1) is 15.2. The lowest BCUT2D eigenvalue weighted by Gasteiger charge is -2.31. The van der Waals surface area contributed by atoms with Gasteiger partial charge in [0.05, 0.1) is 6.10 Å². The van der Waals surface area contributed by atoms with Gasteiger partial charge in [0.25, 0.3) is 5.91 Å². The fourth-order valence-electron chi connectivity index (χ4n) is 3.72. The number of nitrogens with zero attached hydrogens (tertiary/aromatic N) is 1. The molecule has 0 radical (unpaired) electrons. The zero-order chi connectivity index (χ0) is 21.5. The molecular weight excluding hydrogens is 388 g/mol. The van der Waals surface area contributed by atoms with Crippen LogP contribution in [-0.2, 0) is 13.2 Å². The maximum Gasteiger partial charge on any atom is 0.251 e. The summed E-state index contributed by atoms with van der Waals surface area (Å²) >= 11 is 0. The highest BCUT2D eigenvalue weighted by Gasteiger charge is 2.17. The SMILES string of the molecule is O=C(NCc1cccc(OCc2ccccc2)c1)c1ccc(N2CCC(O)CC2)cc1. The van der Waals surface area contributed by atoms with Gasteiger partial charge in [0.2, 0.25) is 0 Å². The molecule has 1 heterocycles. The summed E-state index contributed by atoms with van der Waals surface area (Å²) < 4.78 is 5.87. The summed E-state index contributed by atoms with van der Waals surface area (Å²) in [6.07, 6.45) is 1.38. The third-order valence-electron chi connectivity index (χ3n) is 5.56. The molecule has 2 N–H and O–H groups in total. The number of piperidine rings is 1. The van der Waals surface area contributed by atoms with E-state index in [1.807, 2.05) is 78.9 Å². The van der Waals surface area contributed by atoms with E-state index >= 15 is 0 Å². The van der Waals surface area contributed by atoms with Crippen molar-refractivity contribution in [3.05, 3.63) is 95.6 Å². The van der Waals surface area contributed by atoms with Crippen LogP contribution < -0.4 is 15.0 Å². The summed E-state index contributed by atoms with van der Waals surface area (Å²) in [5, 5.41) is 12.6. The molecule has 0 saturated carbocycles. The molecule has 0 aromatic heterocycles. The Hall–Kier alpha value is -3.31. The molecule has 5 nitrogen and oxygen atoms in total. The molecule has 0 aliphatic carbocycles. The van der Waals surface area contributed by atoms with E-state index in [-0.39, 0.29) is 12.0 Å². The molecular formula is C26H28N2O3. The smallest absolute Gasteiger partial charge is 0.251 e. The summed E-state index contributed by atoms with van der Waals surface area (Å²) in [5.74, 6) is 0.683. The minimum atomic E-state index is -0.191. The Bertz CT molecular complexity index is 981. The number of nitrogens with one attached hydrogen (secondary N) is 1. The average Bonchev–Trinajstić information content (AvgIpc) is 2.83. The molecule has 1 aliphatic heterocycles. The van der Waals surface area contributed by atoms with Crippen LogP contribution >= 0.6 is 0 Å². The van der Waals surface area contributed by atoms with Crippen LogP contribution in [-0.4, -0.2) is 30.2 Å². The summed E-state index contributed by atoms with van der Waals surface area (Å²) in [6, 6.07) is 25.5. The van der Waals surface area contributed by atoms with Crippen molar-refractivity contribution in [3.8, 4) is 5.75 Å². The normalized spacial score (nSPS) is 14.3. The zero-order valence-electron chi connectivity index (χ0n) is 17.5. The molecule has 160 valence electrons. The Morgan fingerprint density at radius 3 is 2.39 bits per heavy atom. The highest BCUT2D eigenvalue weighted by atomic mass is 16.5.